The topological polar surface area (TPSA) is 143 Å². The smallest absolute Gasteiger partial charge is 0.306 e. The molecular weight excluding hydrogens is 574 g/mol. The Balaban J connectivity index is 4.37. The van der Waals surface area contributed by atoms with Gasteiger partial charge in [0.15, 0.2) is 5.78 Å². The number of carbonyl (C=O) groups is 4. The molecule has 45 heavy (non-hydrogen) atoms. The normalized spacial score (nSPS) is 14.5. The van der Waals surface area contributed by atoms with E-state index >= 15 is 0 Å². The highest BCUT2D eigenvalue weighted by atomic mass is 16.5. The van der Waals surface area contributed by atoms with Crippen LogP contribution in [0.5, 0.6) is 0 Å². The van der Waals surface area contributed by atoms with Gasteiger partial charge in [0.1, 0.15) is 0 Å². The van der Waals surface area contributed by atoms with Crippen LogP contribution in [0.15, 0.2) is 0 Å². The molecule has 2 atom stereocenters. The zero-order valence-electron chi connectivity index (χ0n) is 30.8. The Morgan fingerprint density at radius 1 is 0.733 bits per heavy atom. The van der Waals surface area contributed by atoms with Crippen LogP contribution in [-0.2, 0) is 28.7 Å². The van der Waals surface area contributed by atoms with Gasteiger partial charge in [-0.05, 0) is 87.0 Å². The molecule has 0 aromatic rings. The second kappa shape index (κ2) is 18.3. The number of nitrogens with one attached hydrogen (secondary N) is 3. The number of carboxylic acids is 1. The number of amides is 2. The minimum absolute atomic E-state index is 0.00638. The lowest BCUT2D eigenvalue weighted by Crippen LogP contribution is -2.50. The van der Waals surface area contributed by atoms with Crippen LogP contribution in [0.2, 0.25) is 0 Å². The molecule has 2 amide bonds. The van der Waals surface area contributed by atoms with Crippen molar-refractivity contribution in [2.45, 2.75) is 158 Å². The molecule has 0 saturated heterocycles. The Morgan fingerprint density at radius 3 is 1.82 bits per heavy atom. The summed E-state index contributed by atoms with van der Waals surface area (Å²) in [5.74, 6) is -1.50. The van der Waals surface area contributed by atoms with Crippen LogP contribution in [0.1, 0.15) is 135 Å². The number of carboxylic acid groups (broad SMARTS) is 1. The Bertz CT molecular complexity index is 946. The summed E-state index contributed by atoms with van der Waals surface area (Å²) in [6, 6.07) is -0.201. The maximum Gasteiger partial charge on any atom is 0.306 e. The standard InChI is InChI=1S/C35H67N3O7/c1-25(29(41)42)24-33(8,9)30(43)37-21-23-45-35(12,13)19-22-44-34(10,11)18-17-27(39)36-20-15-14-16-26(38-32(5,6)7)28(40)31(2,3)4/h25-26,38H,14-24H2,1-13H3,(H,36,39)(H,37,43)(H,41,42)/t25?,26-/m0/s1. The van der Waals surface area contributed by atoms with E-state index in [0.717, 1.165) is 19.3 Å². The highest BCUT2D eigenvalue weighted by Gasteiger charge is 2.33. The van der Waals surface area contributed by atoms with Gasteiger partial charge in [-0.2, -0.15) is 0 Å². The van der Waals surface area contributed by atoms with Crippen molar-refractivity contribution >= 4 is 23.6 Å². The number of aliphatic carboxylic acids is 1. The van der Waals surface area contributed by atoms with Gasteiger partial charge in [-0.3, -0.25) is 19.2 Å². The van der Waals surface area contributed by atoms with Crippen molar-refractivity contribution < 1.29 is 33.8 Å². The molecule has 0 aromatic carbocycles. The maximum absolute atomic E-state index is 12.9. The molecule has 0 radical (unpaired) electrons. The van der Waals surface area contributed by atoms with Gasteiger partial charge in [-0.25, -0.2) is 0 Å². The van der Waals surface area contributed by atoms with E-state index in [0.29, 0.717) is 45.6 Å². The summed E-state index contributed by atoms with van der Waals surface area (Å²) < 4.78 is 12.1. The van der Waals surface area contributed by atoms with Gasteiger partial charge < -0.3 is 30.5 Å². The van der Waals surface area contributed by atoms with Crippen LogP contribution in [-0.4, -0.2) is 77.8 Å². The first-order valence-electron chi connectivity index (χ1n) is 16.7. The molecule has 0 fully saturated rings. The fourth-order valence-corrected chi connectivity index (χ4v) is 4.91. The quantitative estimate of drug-likeness (QED) is 0.111. The van der Waals surface area contributed by atoms with E-state index in [1.807, 2.05) is 48.5 Å². The van der Waals surface area contributed by atoms with Crippen molar-refractivity contribution in [3.8, 4) is 0 Å². The van der Waals surface area contributed by atoms with Gasteiger partial charge in [0.25, 0.3) is 0 Å². The van der Waals surface area contributed by atoms with E-state index in [1.165, 1.54) is 0 Å². The average molecular weight is 642 g/mol. The van der Waals surface area contributed by atoms with Crippen molar-refractivity contribution in [1.82, 2.24) is 16.0 Å². The molecule has 0 heterocycles. The van der Waals surface area contributed by atoms with E-state index in [1.54, 1.807) is 20.8 Å². The number of rotatable bonds is 22. The average Bonchev–Trinajstić information content (AvgIpc) is 2.86. The van der Waals surface area contributed by atoms with Crippen molar-refractivity contribution in [2.75, 3.05) is 26.3 Å². The zero-order chi connectivity index (χ0) is 35.3. The summed E-state index contributed by atoms with van der Waals surface area (Å²) in [5, 5.41) is 18.4. The van der Waals surface area contributed by atoms with Crippen molar-refractivity contribution in [3.63, 3.8) is 0 Å². The first-order chi connectivity index (χ1) is 20.3. The van der Waals surface area contributed by atoms with E-state index < -0.39 is 33.9 Å². The third-order valence-corrected chi connectivity index (χ3v) is 7.79. The van der Waals surface area contributed by atoms with E-state index in [2.05, 4.69) is 36.7 Å². The zero-order valence-corrected chi connectivity index (χ0v) is 30.8. The van der Waals surface area contributed by atoms with Crippen molar-refractivity contribution in [3.05, 3.63) is 0 Å². The minimum Gasteiger partial charge on any atom is -0.481 e. The summed E-state index contributed by atoms with van der Waals surface area (Å²) >= 11 is 0. The summed E-state index contributed by atoms with van der Waals surface area (Å²) in [7, 11) is 0. The molecule has 0 bridgehead atoms. The lowest BCUT2D eigenvalue weighted by Gasteiger charge is -2.32. The second-order valence-corrected chi connectivity index (χ2v) is 16.5. The first kappa shape index (κ1) is 43.0. The molecule has 0 aromatic heterocycles. The number of Topliss-reactive ketones (excluding diaryl/α,β-unsaturated/α-hetero) is 1. The summed E-state index contributed by atoms with van der Waals surface area (Å²) in [6.45, 7) is 26.8. The van der Waals surface area contributed by atoms with Crippen LogP contribution in [0, 0.1) is 16.7 Å². The van der Waals surface area contributed by atoms with E-state index in [-0.39, 0.29) is 35.6 Å². The van der Waals surface area contributed by atoms with Gasteiger partial charge >= 0.3 is 5.97 Å². The number of hydrogen-bond donors (Lipinski definition) is 4. The molecule has 1 unspecified atom stereocenters. The number of ketones is 1. The first-order valence-corrected chi connectivity index (χ1v) is 16.7. The van der Waals surface area contributed by atoms with Crippen molar-refractivity contribution in [1.29, 1.82) is 0 Å². The predicted molar refractivity (Wildman–Crippen MR) is 180 cm³/mol. The molecule has 10 nitrogen and oxygen atoms in total. The third kappa shape index (κ3) is 19.9. The largest absolute Gasteiger partial charge is 0.481 e. The molecule has 264 valence electrons. The van der Waals surface area contributed by atoms with Gasteiger partial charge in [0.05, 0.1) is 36.4 Å². The summed E-state index contributed by atoms with van der Waals surface area (Å²) in [4.78, 5) is 49.0. The molecular formula is C35H67N3O7. The van der Waals surface area contributed by atoms with Gasteiger partial charge in [-0.15, -0.1) is 0 Å². The van der Waals surface area contributed by atoms with Gasteiger partial charge in [0, 0.05) is 35.9 Å². The molecule has 10 heteroatoms. The SMILES string of the molecule is CC(CC(C)(C)C(=O)NCCOC(C)(C)CCOC(C)(C)CCC(=O)NCCCC[C@H](NC(C)(C)C)C(=O)C(C)(C)C)C(=O)O. The Labute approximate surface area is 273 Å². The summed E-state index contributed by atoms with van der Waals surface area (Å²) in [5.41, 5.74) is -2.29. The number of unbranched alkanes of at least 4 members (excludes halogenated alkanes) is 1. The molecule has 0 spiro atoms. The Morgan fingerprint density at radius 2 is 1.29 bits per heavy atom. The maximum atomic E-state index is 12.9. The predicted octanol–water partition coefficient (Wildman–Crippen LogP) is 5.66. The molecule has 0 rings (SSSR count). The third-order valence-electron chi connectivity index (χ3n) is 7.79. The number of carbonyl (C=O) groups excluding carboxylic acids is 3. The monoisotopic (exact) mass is 641 g/mol. The highest BCUT2D eigenvalue weighted by Crippen LogP contribution is 2.26. The second-order valence-electron chi connectivity index (χ2n) is 16.5. The minimum atomic E-state index is -0.911. The lowest BCUT2D eigenvalue weighted by molar-refractivity contribution is -0.143. The van der Waals surface area contributed by atoms with Crippen LogP contribution >= 0.6 is 0 Å². The van der Waals surface area contributed by atoms with Crippen LogP contribution in [0.25, 0.3) is 0 Å². The fourth-order valence-electron chi connectivity index (χ4n) is 4.91. The van der Waals surface area contributed by atoms with Crippen molar-refractivity contribution in [2.24, 2.45) is 16.7 Å². The fraction of sp³-hybridized carbons (Fsp3) is 0.886. The Kier molecular flexibility index (Phi) is 17.5. The van der Waals surface area contributed by atoms with E-state index in [4.69, 9.17) is 14.6 Å². The molecule has 0 saturated carbocycles. The lowest BCUT2D eigenvalue weighted by atomic mass is 9.82. The molecule has 0 aliphatic heterocycles. The molecule has 0 aliphatic carbocycles. The molecule has 0 aliphatic rings. The van der Waals surface area contributed by atoms with E-state index in [9.17, 15) is 19.2 Å². The Hall–Kier alpha value is -2.04. The molecule has 4 N–H and O–H groups in total. The summed E-state index contributed by atoms with van der Waals surface area (Å²) in [6.07, 6.45) is 4.24. The van der Waals surface area contributed by atoms with Gasteiger partial charge in [0.2, 0.25) is 11.8 Å². The van der Waals surface area contributed by atoms with Crippen LogP contribution in [0.3, 0.4) is 0 Å². The number of hydrogen-bond acceptors (Lipinski definition) is 7. The van der Waals surface area contributed by atoms with Crippen LogP contribution < -0.4 is 16.0 Å². The van der Waals surface area contributed by atoms with Gasteiger partial charge in [-0.1, -0.05) is 41.5 Å². The highest BCUT2D eigenvalue weighted by molar-refractivity contribution is 5.88. The van der Waals surface area contributed by atoms with Crippen LogP contribution in [0.4, 0.5) is 0 Å². The number of ether oxygens (including phenoxy) is 2.